The minimum Gasteiger partial charge on any atom is -0.360 e. The topological polar surface area (TPSA) is 59.1 Å². The van der Waals surface area contributed by atoms with E-state index in [1.807, 2.05) is 18.4 Å². The SMILES string of the molecule is CC/C=C(\CN)N1CCn2c(nc(-c3ccc(F)cc3)c2Nc2cccc(C(F)(F)F)c2)C1(C)C. The van der Waals surface area contributed by atoms with Crippen LogP contribution in [0.25, 0.3) is 11.3 Å². The number of benzene rings is 2. The van der Waals surface area contributed by atoms with Gasteiger partial charge in [0.1, 0.15) is 23.2 Å². The van der Waals surface area contributed by atoms with Crippen molar-refractivity contribution in [3.05, 3.63) is 77.5 Å². The molecule has 0 fully saturated rings. The Morgan fingerprint density at radius 1 is 1.14 bits per heavy atom. The van der Waals surface area contributed by atoms with E-state index >= 15 is 0 Å². The van der Waals surface area contributed by atoms with Gasteiger partial charge in [0.15, 0.2) is 0 Å². The largest absolute Gasteiger partial charge is 0.416 e. The molecule has 1 aromatic heterocycles. The van der Waals surface area contributed by atoms with Gasteiger partial charge in [0.2, 0.25) is 0 Å². The van der Waals surface area contributed by atoms with Gasteiger partial charge in [0, 0.05) is 36.6 Å². The number of nitrogens with one attached hydrogen (secondary N) is 1. The average molecular weight is 488 g/mol. The molecule has 0 saturated carbocycles. The predicted octanol–water partition coefficient (Wildman–Crippen LogP) is 6.25. The van der Waals surface area contributed by atoms with Crippen molar-refractivity contribution < 1.29 is 17.6 Å². The normalized spacial score (nSPS) is 15.8. The fourth-order valence-electron chi connectivity index (χ4n) is 4.63. The van der Waals surface area contributed by atoms with Gasteiger partial charge in [0.05, 0.1) is 11.1 Å². The van der Waals surface area contributed by atoms with Gasteiger partial charge in [-0.25, -0.2) is 9.37 Å². The third-order valence-corrected chi connectivity index (χ3v) is 6.30. The Labute approximate surface area is 202 Å². The van der Waals surface area contributed by atoms with Gasteiger partial charge in [0.25, 0.3) is 0 Å². The molecule has 0 unspecified atom stereocenters. The number of nitrogens with zero attached hydrogens (tertiary/aromatic N) is 3. The summed E-state index contributed by atoms with van der Waals surface area (Å²) < 4.78 is 55.6. The molecule has 5 nitrogen and oxygen atoms in total. The molecule has 0 atom stereocenters. The van der Waals surface area contributed by atoms with Crippen LogP contribution in [0.5, 0.6) is 0 Å². The number of nitrogens with two attached hydrogens (primary N) is 1. The molecular weight excluding hydrogens is 458 g/mol. The molecule has 0 spiro atoms. The number of aromatic nitrogens is 2. The number of anilines is 2. The Morgan fingerprint density at radius 2 is 1.86 bits per heavy atom. The number of alkyl halides is 3. The molecule has 1 aliphatic heterocycles. The first-order valence-corrected chi connectivity index (χ1v) is 11.5. The van der Waals surface area contributed by atoms with Crippen molar-refractivity contribution >= 4 is 11.5 Å². The smallest absolute Gasteiger partial charge is 0.360 e. The molecule has 3 aromatic rings. The number of fused-ring (bicyclic) bond motifs is 1. The van der Waals surface area contributed by atoms with Crippen molar-refractivity contribution in [1.29, 1.82) is 0 Å². The highest BCUT2D eigenvalue weighted by Crippen LogP contribution is 2.41. The molecule has 0 amide bonds. The zero-order valence-corrected chi connectivity index (χ0v) is 20.0. The summed E-state index contributed by atoms with van der Waals surface area (Å²) in [4.78, 5) is 7.17. The number of hydrogen-bond donors (Lipinski definition) is 2. The Hall–Kier alpha value is -3.33. The predicted molar refractivity (Wildman–Crippen MR) is 130 cm³/mol. The van der Waals surface area contributed by atoms with E-state index in [0.717, 1.165) is 30.1 Å². The van der Waals surface area contributed by atoms with Gasteiger partial charge in [-0.3, -0.25) is 0 Å². The van der Waals surface area contributed by atoms with E-state index in [4.69, 9.17) is 10.7 Å². The van der Waals surface area contributed by atoms with Crippen molar-refractivity contribution in [3.8, 4) is 11.3 Å². The highest BCUT2D eigenvalue weighted by atomic mass is 19.4. The van der Waals surface area contributed by atoms with Crippen LogP contribution in [0, 0.1) is 5.82 Å². The molecule has 2 heterocycles. The average Bonchev–Trinajstić information content (AvgIpc) is 3.18. The molecule has 0 aliphatic carbocycles. The van der Waals surface area contributed by atoms with Gasteiger partial charge in [-0.05, 0) is 62.7 Å². The number of halogens is 4. The van der Waals surface area contributed by atoms with E-state index in [1.165, 1.54) is 18.2 Å². The maximum atomic E-state index is 13.6. The standard InChI is InChI=1S/C26H29F4N5/c1-4-6-21(16-31)35-14-13-34-23(32-20-8-5-7-18(15-20)26(28,29)30)22(33-24(34)25(35,2)3)17-9-11-19(27)12-10-17/h5-12,15,32H,4,13-14,16,31H2,1-3H3/b21-6+. The van der Waals surface area contributed by atoms with E-state index in [2.05, 4.69) is 23.2 Å². The Bertz CT molecular complexity index is 1230. The molecule has 9 heteroatoms. The Balaban J connectivity index is 1.85. The first kappa shape index (κ1) is 24.8. The minimum absolute atomic E-state index is 0.291. The molecule has 0 radical (unpaired) electrons. The molecule has 4 rings (SSSR count). The van der Waals surface area contributed by atoms with Crippen LogP contribution in [0.3, 0.4) is 0 Å². The summed E-state index contributed by atoms with van der Waals surface area (Å²) in [7, 11) is 0. The lowest BCUT2D eigenvalue weighted by atomic mass is 9.97. The molecule has 0 bridgehead atoms. The summed E-state index contributed by atoms with van der Waals surface area (Å²) in [6.45, 7) is 7.74. The fourth-order valence-corrected chi connectivity index (χ4v) is 4.63. The third kappa shape index (κ3) is 4.77. The second kappa shape index (κ2) is 9.37. The van der Waals surface area contributed by atoms with Crippen LogP contribution in [0.2, 0.25) is 0 Å². The number of rotatable bonds is 6. The third-order valence-electron chi connectivity index (χ3n) is 6.30. The monoisotopic (exact) mass is 487 g/mol. The summed E-state index contributed by atoms with van der Waals surface area (Å²) in [5, 5.41) is 3.18. The van der Waals surface area contributed by atoms with Crippen LogP contribution in [0.15, 0.2) is 60.3 Å². The minimum atomic E-state index is -4.46. The summed E-state index contributed by atoms with van der Waals surface area (Å²) in [6.07, 6.45) is -1.51. The molecule has 0 saturated heterocycles. The van der Waals surface area contributed by atoms with E-state index in [-0.39, 0.29) is 5.82 Å². The van der Waals surface area contributed by atoms with E-state index in [0.29, 0.717) is 42.4 Å². The van der Waals surface area contributed by atoms with Crippen LogP contribution in [-0.4, -0.2) is 27.5 Å². The lowest BCUT2D eigenvalue weighted by Gasteiger charge is -2.45. The maximum Gasteiger partial charge on any atom is 0.416 e. The van der Waals surface area contributed by atoms with Crippen LogP contribution < -0.4 is 11.1 Å². The highest BCUT2D eigenvalue weighted by Gasteiger charge is 2.40. The van der Waals surface area contributed by atoms with Crippen molar-refractivity contribution in [3.63, 3.8) is 0 Å². The van der Waals surface area contributed by atoms with Gasteiger partial charge in [-0.1, -0.05) is 19.1 Å². The highest BCUT2D eigenvalue weighted by molar-refractivity contribution is 5.77. The quantitative estimate of drug-likeness (QED) is 0.403. The van der Waals surface area contributed by atoms with Crippen molar-refractivity contribution in [2.45, 2.75) is 45.5 Å². The number of allylic oxidation sites excluding steroid dienone is 1. The van der Waals surface area contributed by atoms with Gasteiger partial charge in [-0.2, -0.15) is 13.2 Å². The second-order valence-electron chi connectivity index (χ2n) is 9.01. The number of hydrogen-bond acceptors (Lipinski definition) is 4. The van der Waals surface area contributed by atoms with Crippen LogP contribution in [0.1, 0.15) is 38.6 Å². The lowest BCUT2D eigenvalue weighted by molar-refractivity contribution is -0.137. The second-order valence-corrected chi connectivity index (χ2v) is 9.01. The first-order valence-electron chi connectivity index (χ1n) is 11.5. The van der Waals surface area contributed by atoms with E-state index < -0.39 is 17.3 Å². The summed E-state index contributed by atoms with van der Waals surface area (Å²) in [5.41, 5.74) is 7.27. The molecular formula is C26H29F4N5. The van der Waals surface area contributed by atoms with Crippen molar-refractivity contribution in [1.82, 2.24) is 14.5 Å². The van der Waals surface area contributed by atoms with E-state index in [9.17, 15) is 17.6 Å². The summed E-state index contributed by atoms with van der Waals surface area (Å²) in [5.74, 6) is 0.925. The zero-order chi connectivity index (χ0) is 25.4. The first-order chi connectivity index (χ1) is 16.6. The van der Waals surface area contributed by atoms with Crippen molar-refractivity contribution in [2.24, 2.45) is 5.73 Å². The van der Waals surface area contributed by atoms with Crippen LogP contribution in [-0.2, 0) is 18.3 Å². The van der Waals surface area contributed by atoms with Gasteiger partial charge in [-0.15, -0.1) is 0 Å². The lowest BCUT2D eigenvalue weighted by Crippen LogP contribution is -2.49. The zero-order valence-electron chi connectivity index (χ0n) is 20.0. The van der Waals surface area contributed by atoms with Gasteiger partial charge < -0.3 is 20.5 Å². The van der Waals surface area contributed by atoms with Crippen molar-refractivity contribution in [2.75, 3.05) is 18.4 Å². The Morgan fingerprint density at radius 3 is 2.49 bits per heavy atom. The van der Waals surface area contributed by atoms with E-state index in [1.54, 1.807) is 18.2 Å². The molecule has 35 heavy (non-hydrogen) atoms. The Kier molecular flexibility index (Phi) is 6.64. The number of imidazole rings is 1. The fraction of sp³-hybridized carbons (Fsp3) is 0.346. The van der Waals surface area contributed by atoms with Crippen LogP contribution in [0.4, 0.5) is 29.1 Å². The summed E-state index contributed by atoms with van der Waals surface area (Å²) >= 11 is 0. The molecule has 186 valence electrons. The molecule has 3 N–H and O–H groups in total. The summed E-state index contributed by atoms with van der Waals surface area (Å²) in [6, 6.07) is 11.0. The van der Waals surface area contributed by atoms with Crippen LogP contribution >= 0.6 is 0 Å². The maximum absolute atomic E-state index is 13.6. The molecule has 2 aromatic carbocycles. The van der Waals surface area contributed by atoms with Gasteiger partial charge >= 0.3 is 6.18 Å². The molecule has 1 aliphatic rings.